The first-order chi connectivity index (χ1) is 7.59. The molecule has 16 heavy (non-hydrogen) atoms. The summed E-state index contributed by atoms with van der Waals surface area (Å²) in [6, 6.07) is 2.65. The van der Waals surface area contributed by atoms with Crippen LogP contribution in [0.25, 0.3) is 11.1 Å². The van der Waals surface area contributed by atoms with Crippen molar-refractivity contribution in [2.24, 2.45) is 0 Å². The van der Waals surface area contributed by atoms with Gasteiger partial charge in [-0.15, -0.1) is 5.10 Å². The summed E-state index contributed by atoms with van der Waals surface area (Å²) in [7, 11) is 0. The molecular formula is C8H5N3O5. The molecule has 0 radical (unpaired) electrons. The minimum absolute atomic E-state index is 0.0521. The number of hydrogen-bond acceptors (Lipinski definition) is 7. The van der Waals surface area contributed by atoms with Crippen molar-refractivity contribution < 1.29 is 19.0 Å². The Morgan fingerprint density at radius 3 is 2.94 bits per heavy atom. The molecule has 8 nitrogen and oxygen atoms in total. The molecule has 82 valence electrons. The van der Waals surface area contributed by atoms with Crippen LogP contribution in [0.2, 0.25) is 0 Å². The zero-order valence-electron chi connectivity index (χ0n) is 8.04. The highest BCUT2D eigenvalue weighted by Crippen LogP contribution is 2.33. The minimum Gasteiger partial charge on any atom is -0.419 e. The summed E-state index contributed by atoms with van der Waals surface area (Å²) in [6.07, 6.45) is 0. The molecular weight excluding hydrogens is 218 g/mol. The van der Waals surface area contributed by atoms with E-state index in [1.165, 1.54) is 12.1 Å². The van der Waals surface area contributed by atoms with Gasteiger partial charge in [0.2, 0.25) is 11.3 Å². The van der Waals surface area contributed by atoms with E-state index in [1.807, 2.05) is 0 Å². The number of ether oxygens (including phenoxy) is 1. The molecule has 2 rings (SSSR count). The highest BCUT2D eigenvalue weighted by molar-refractivity contribution is 5.87. The average Bonchev–Trinajstić information content (AvgIpc) is 2.63. The van der Waals surface area contributed by atoms with Crippen LogP contribution in [0.5, 0.6) is 5.75 Å². The number of nitro groups is 1. The van der Waals surface area contributed by atoms with Crippen LogP contribution in [0.3, 0.4) is 0 Å². The highest BCUT2D eigenvalue weighted by Gasteiger charge is 2.24. The molecule has 0 saturated heterocycles. The van der Waals surface area contributed by atoms with Crippen LogP contribution in [0.15, 0.2) is 16.7 Å². The lowest BCUT2D eigenvalue weighted by Crippen LogP contribution is -2.04. The second kappa shape index (κ2) is 3.57. The van der Waals surface area contributed by atoms with Gasteiger partial charge in [0.05, 0.1) is 4.92 Å². The van der Waals surface area contributed by atoms with Crippen molar-refractivity contribution in [1.29, 1.82) is 0 Å². The molecule has 1 aromatic carbocycles. The van der Waals surface area contributed by atoms with Crippen molar-refractivity contribution in [3.63, 3.8) is 0 Å². The monoisotopic (exact) mass is 223 g/mol. The third-order valence-electron chi connectivity index (χ3n) is 1.79. The first-order valence-electron chi connectivity index (χ1n) is 4.17. The Morgan fingerprint density at radius 1 is 1.56 bits per heavy atom. The van der Waals surface area contributed by atoms with E-state index in [0.29, 0.717) is 0 Å². The predicted octanol–water partition coefficient (Wildman–Crippen LogP) is 1.06. The van der Waals surface area contributed by atoms with Crippen molar-refractivity contribution in [3.8, 4) is 5.75 Å². The van der Waals surface area contributed by atoms with Crippen molar-refractivity contribution >= 4 is 22.8 Å². The number of hydrogen-bond donors (Lipinski definition) is 0. The Balaban J connectivity index is 2.68. The quantitative estimate of drug-likeness (QED) is 0.324. The number of benzene rings is 1. The van der Waals surface area contributed by atoms with Crippen LogP contribution in [0, 0.1) is 10.1 Å². The van der Waals surface area contributed by atoms with E-state index in [2.05, 4.69) is 14.9 Å². The number of carbonyl (C=O) groups excluding carboxylic acids is 1. The van der Waals surface area contributed by atoms with Crippen LogP contribution in [0.4, 0.5) is 5.69 Å². The number of esters is 1. The molecule has 8 heteroatoms. The summed E-state index contributed by atoms with van der Waals surface area (Å²) in [5.74, 6) is -0.834. The average molecular weight is 223 g/mol. The van der Waals surface area contributed by atoms with Gasteiger partial charge in [-0.2, -0.15) is 0 Å². The topological polar surface area (TPSA) is 108 Å². The first kappa shape index (κ1) is 10.0. The number of nitro benzene ring substituents is 1. The Hall–Kier alpha value is -2.51. The molecule has 1 heterocycles. The molecule has 0 saturated carbocycles. The van der Waals surface area contributed by atoms with Gasteiger partial charge in [-0.3, -0.25) is 14.9 Å². The fourth-order valence-corrected chi connectivity index (χ4v) is 1.23. The zero-order chi connectivity index (χ0) is 11.7. The lowest BCUT2D eigenvalue weighted by Gasteiger charge is -2.01. The molecule has 0 amide bonds. The van der Waals surface area contributed by atoms with Gasteiger partial charge >= 0.3 is 11.7 Å². The molecule has 2 aromatic rings. The summed E-state index contributed by atoms with van der Waals surface area (Å²) < 4.78 is 9.36. The number of rotatable bonds is 2. The fourth-order valence-electron chi connectivity index (χ4n) is 1.23. The van der Waals surface area contributed by atoms with E-state index in [0.717, 1.165) is 6.92 Å². The Morgan fingerprint density at radius 2 is 2.31 bits per heavy atom. The second-order valence-electron chi connectivity index (χ2n) is 2.88. The van der Waals surface area contributed by atoms with E-state index in [4.69, 9.17) is 4.74 Å². The molecule has 0 spiro atoms. The molecule has 0 aliphatic rings. The van der Waals surface area contributed by atoms with Crippen LogP contribution >= 0.6 is 0 Å². The van der Waals surface area contributed by atoms with Crippen molar-refractivity contribution in [1.82, 2.24) is 10.4 Å². The van der Waals surface area contributed by atoms with Crippen molar-refractivity contribution in [3.05, 3.63) is 22.2 Å². The highest BCUT2D eigenvalue weighted by atomic mass is 16.6. The van der Waals surface area contributed by atoms with Gasteiger partial charge in [-0.1, -0.05) is 0 Å². The molecule has 0 aliphatic carbocycles. The fraction of sp³-hybridized carbons (Fsp3) is 0.125. The van der Waals surface area contributed by atoms with Crippen LogP contribution in [-0.4, -0.2) is 21.3 Å². The second-order valence-corrected chi connectivity index (χ2v) is 2.88. The normalized spacial score (nSPS) is 10.3. The van der Waals surface area contributed by atoms with Crippen LogP contribution in [-0.2, 0) is 4.79 Å². The molecule has 0 unspecified atom stereocenters. The van der Waals surface area contributed by atoms with Crippen LogP contribution < -0.4 is 4.74 Å². The van der Waals surface area contributed by atoms with Gasteiger partial charge in [-0.05, 0) is 12.1 Å². The molecule has 0 fully saturated rings. The summed E-state index contributed by atoms with van der Waals surface area (Å²) in [5.41, 5.74) is -0.333. The summed E-state index contributed by atoms with van der Waals surface area (Å²) >= 11 is 0. The van der Waals surface area contributed by atoms with Crippen molar-refractivity contribution in [2.75, 3.05) is 0 Å². The van der Waals surface area contributed by atoms with Gasteiger partial charge in [0.25, 0.3) is 0 Å². The lowest BCUT2D eigenvalue weighted by molar-refractivity contribution is -0.384. The number of carbonyl (C=O) groups is 1. The summed E-state index contributed by atoms with van der Waals surface area (Å²) in [4.78, 5) is 20.9. The van der Waals surface area contributed by atoms with E-state index in [9.17, 15) is 14.9 Å². The molecule has 0 atom stereocenters. The lowest BCUT2D eigenvalue weighted by atomic mass is 10.2. The first-order valence-corrected chi connectivity index (χ1v) is 4.17. The van der Waals surface area contributed by atoms with E-state index in [1.54, 1.807) is 0 Å². The third-order valence-corrected chi connectivity index (χ3v) is 1.79. The molecule has 1 aromatic heterocycles. The molecule has 0 N–H and O–H groups in total. The maximum absolute atomic E-state index is 10.8. The molecule has 0 aliphatic heterocycles. The van der Waals surface area contributed by atoms with Crippen molar-refractivity contribution in [2.45, 2.75) is 6.92 Å². The maximum atomic E-state index is 10.8. The maximum Gasteiger partial charge on any atom is 0.343 e. The minimum atomic E-state index is -0.704. The van der Waals surface area contributed by atoms with E-state index >= 15 is 0 Å². The Labute approximate surface area is 87.9 Å². The number of nitrogens with zero attached hydrogens (tertiary/aromatic N) is 3. The van der Waals surface area contributed by atoms with Gasteiger partial charge in [0.1, 0.15) is 0 Å². The standard InChI is InChI=1S/C8H5N3O5/c1-4(12)15-6-3-2-5-7(9-10-16-5)8(6)11(13)14/h2-3H,1H3. The van der Waals surface area contributed by atoms with Gasteiger partial charge in [0, 0.05) is 12.2 Å². The number of fused-ring (bicyclic) bond motifs is 1. The third kappa shape index (κ3) is 1.56. The SMILES string of the molecule is CC(=O)Oc1ccc2onnc2c1[N+](=O)[O-]. The Bertz CT molecular complexity index is 576. The van der Waals surface area contributed by atoms with E-state index < -0.39 is 16.6 Å². The largest absolute Gasteiger partial charge is 0.419 e. The summed E-state index contributed by atoms with van der Waals surface area (Å²) in [6.45, 7) is 1.15. The zero-order valence-corrected chi connectivity index (χ0v) is 8.04. The van der Waals surface area contributed by atoms with E-state index in [-0.39, 0.29) is 16.8 Å². The van der Waals surface area contributed by atoms with Crippen LogP contribution in [0.1, 0.15) is 6.92 Å². The summed E-state index contributed by atoms with van der Waals surface area (Å²) in [5, 5.41) is 17.5. The predicted molar refractivity (Wildman–Crippen MR) is 49.8 cm³/mol. The smallest absolute Gasteiger partial charge is 0.343 e. The van der Waals surface area contributed by atoms with Gasteiger partial charge in [0.15, 0.2) is 5.58 Å². The molecule has 0 bridgehead atoms. The van der Waals surface area contributed by atoms with Gasteiger partial charge in [-0.25, -0.2) is 0 Å². The van der Waals surface area contributed by atoms with Gasteiger partial charge < -0.3 is 9.26 Å². The number of aromatic nitrogens is 2. The Kier molecular flexibility index (Phi) is 2.24.